The van der Waals surface area contributed by atoms with Gasteiger partial charge in [0.25, 0.3) is 0 Å². The molecular weight excluding hydrogens is 291 g/mol. The number of aromatic nitrogens is 2. The number of rotatable bonds is 1. The predicted octanol–water partition coefficient (Wildman–Crippen LogP) is 4.16. The first-order chi connectivity index (χ1) is 9.45. The molecule has 2 heterocycles. The summed E-state index contributed by atoms with van der Waals surface area (Å²) in [5.41, 5.74) is -0.174. The first-order valence-electron chi connectivity index (χ1n) is 5.88. The number of hydrogen-bond donors (Lipinski definition) is 0. The smallest absolute Gasteiger partial charge is 0.233 e. The maximum atomic E-state index is 12.7. The zero-order valence-electron chi connectivity index (χ0n) is 10.1. The van der Waals surface area contributed by atoms with E-state index in [1.807, 2.05) is 0 Å². The van der Waals surface area contributed by atoms with E-state index in [9.17, 15) is 13.2 Å². The molecule has 0 saturated carbocycles. The van der Waals surface area contributed by atoms with Crippen LogP contribution in [0.3, 0.4) is 0 Å². The molecule has 0 fully saturated rings. The summed E-state index contributed by atoms with van der Waals surface area (Å²) in [6.07, 6.45) is -2.48. The highest BCUT2D eigenvalue weighted by Crippen LogP contribution is 2.33. The summed E-state index contributed by atoms with van der Waals surface area (Å²) in [4.78, 5) is 4.31. The van der Waals surface area contributed by atoms with Crippen LogP contribution < -0.4 is 0 Å². The van der Waals surface area contributed by atoms with Crippen molar-refractivity contribution >= 4 is 23.1 Å². The highest BCUT2D eigenvalue weighted by Gasteiger charge is 2.31. The molecule has 0 aliphatic carbocycles. The standard InChI is InChI=1S/C13H9ClF3N3/c14-11-7-10(19-12-4-5-18-20(11)12)8-2-1-3-9(6-8)13(15,16)17/h1-6,11H,7H2. The summed E-state index contributed by atoms with van der Waals surface area (Å²) in [7, 11) is 0. The van der Waals surface area contributed by atoms with E-state index in [1.54, 1.807) is 23.0 Å². The lowest BCUT2D eigenvalue weighted by molar-refractivity contribution is -0.137. The zero-order chi connectivity index (χ0) is 14.3. The van der Waals surface area contributed by atoms with E-state index in [0.717, 1.165) is 12.1 Å². The van der Waals surface area contributed by atoms with Crippen LogP contribution in [0.25, 0.3) is 0 Å². The molecule has 0 saturated heterocycles. The van der Waals surface area contributed by atoms with Gasteiger partial charge in [0.15, 0.2) is 5.82 Å². The van der Waals surface area contributed by atoms with Gasteiger partial charge in [-0.3, -0.25) is 0 Å². The number of hydrogen-bond acceptors (Lipinski definition) is 2. The maximum absolute atomic E-state index is 12.7. The number of aliphatic imine (C=N–C) groups is 1. The van der Waals surface area contributed by atoms with Crippen LogP contribution >= 0.6 is 11.6 Å². The molecule has 1 aromatic heterocycles. The normalized spacial score (nSPS) is 18.6. The van der Waals surface area contributed by atoms with Gasteiger partial charge in [-0.25, -0.2) is 9.67 Å². The van der Waals surface area contributed by atoms with Gasteiger partial charge in [-0.15, -0.1) is 0 Å². The molecule has 104 valence electrons. The van der Waals surface area contributed by atoms with Crippen molar-refractivity contribution in [3.8, 4) is 0 Å². The van der Waals surface area contributed by atoms with Crippen molar-refractivity contribution in [2.45, 2.75) is 18.1 Å². The van der Waals surface area contributed by atoms with E-state index in [-0.39, 0.29) is 0 Å². The number of alkyl halides is 4. The molecule has 2 aromatic rings. The molecule has 7 heteroatoms. The van der Waals surface area contributed by atoms with Gasteiger partial charge >= 0.3 is 6.18 Å². The SMILES string of the molecule is FC(F)(F)c1cccc(C2=Nc3ccnn3C(Cl)C2)c1. The molecule has 3 rings (SSSR count). The lowest BCUT2D eigenvalue weighted by Crippen LogP contribution is -2.16. The molecule has 0 radical (unpaired) electrons. The third-order valence-electron chi connectivity index (χ3n) is 3.05. The van der Waals surface area contributed by atoms with Crippen molar-refractivity contribution in [3.05, 3.63) is 47.7 Å². The van der Waals surface area contributed by atoms with E-state index in [0.29, 0.717) is 23.5 Å². The van der Waals surface area contributed by atoms with Crippen LogP contribution in [0.2, 0.25) is 0 Å². The average molecular weight is 300 g/mol. The molecule has 20 heavy (non-hydrogen) atoms. The molecule has 1 aliphatic rings. The van der Waals surface area contributed by atoms with Crippen molar-refractivity contribution in [2.24, 2.45) is 4.99 Å². The summed E-state index contributed by atoms with van der Waals surface area (Å²) in [6, 6.07) is 6.77. The van der Waals surface area contributed by atoms with Crippen molar-refractivity contribution in [1.82, 2.24) is 9.78 Å². The van der Waals surface area contributed by atoms with Crippen LogP contribution in [-0.4, -0.2) is 15.5 Å². The van der Waals surface area contributed by atoms with Crippen LogP contribution in [0.4, 0.5) is 19.0 Å². The van der Waals surface area contributed by atoms with Crippen LogP contribution in [0.15, 0.2) is 41.5 Å². The Morgan fingerprint density at radius 1 is 1.25 bits per heavy atom. The Kier molecular flexibility index (Phi) is 3.05. The molecule has 3 nitrogen and oxygen atoms in total. The Morgan fingerprint density at radius 2 is 2.05 bits per heavy atom. The second kappa shape index (κ2) is 4.63. The topological polar surface area (TPSA) is 30.2 Å². The number of benzene rings is 1. The van der Waals surface area contributed by atoms with Crippen LogP contribution in [-0.2, 0) is 6.18 Å². The molecule has 0 bridgehead atoms. The van der Waals surface area contributed by atoms with Gasteiger partial charge in [0, 0.05) is 12.5 Å². The zero-order valence-corrected chi connectivity index (χ0v) is 10.9. The average Bonchev–Trinajstić information content (AvgIpc) is 2.87. The molecule has 1 unspecified atom stereocenters. The minimum Gasteiger partial charge on any atom is -0.233 e. The quantitative estimate of drug-likeness (QED) is 0.727. The first kappa shape index (κ1) is 13.2. The van der Waals surface area contributed by atoms with E-state index in [4.69, 9.17) is 11.6 Å². The van der Waals surface area contributed by atoms with Gasteiger partial charge in [0.2, 0.25) is 0 Å². The summed E-state index contributed by atoms with van der Waals surface area (Å²) in [5, 5.41) is 4.02. The minimum absolute atomic E-state index is 0.331. The number of fused-ring (bicyclic) bond motifs is 1. The van der Waals surface area contributed by atoms with Gasteiger partial charge in [-0.1, -0.05) is 23.7 Å². The maximum Gasteiger partial charge on any atom is 0.416 e. The Morgan fingerprint density at radius 3 is 2.80 bits per heavy atom. The highest BCUT2D eigenvalue weighted by atomic mass is 35.5. The summed E-state index contributed by atoms with van der Waals surface area (Å²) in [5.74, 6) is 0.545. The van der Waals surface area contributed by atoms with E-state index in [1.165, 1.54) is 6.07 Å². The first-order valence-corrected chi connectivity index (χ1v) is 6.31. The molecular formula is C13H9ClF3N3. The lowest BCUT2D eigenvalue weighted by atomic mass is 10.0. The van der Waals surface area contributed by atoms with E-state index < -0.39 is 17.2 Å². The fourth-order valence-corrected chi connectivity index (χ4v) is 2.40. The number of nitrogens with zero attached hydrogens (tertiary/aromatic N) is 3. The third kappa shape index (κ3) is 2.31. The Balaban J connectivity index is 2.03. The molecule has 1 aliphatic heterocycles. The molecule has 1 atom stereocenters. The molecule has 1 aromatic carbocycles. The predicted molar refractivity (Wildman–Crippen MR) is 69.4 cm³/mol. The fraction of sp³-hybridized carbons (Fsp3) is 0.231. The number of halogens is 4. The third-order valence-corrected chi connectivity index (χ3v) is 3.39. The van der Waals surface area contributed by atoms with Crippen LogP contribution in [0.5, 0.6) is 0 Å². The van der Waals surface area contributed by atoms with Gasteiger partial charge in [-0.2, -0.15) is 18.3 Å². The molecule has 0 spiro atoms. The van der Waals surface area contributed by atoms with E-state index in [2.05, 4.69) is 10.1 Å². The molecule has 0 N–H and O–H groups in total. The Labute approximate surface area is 117 Å². The largest absolute Gasteiger partial charge is 0.416 e. The van der Waals surface area contributed by atoms with Crippen LogP contribution in [0.1, 0.15) is 23.0 Å². The summed E-state index contributed by atoms with van der Waals surface area (Å²) < 4.78 is 39.7. The van der Waals surface area contributed by atoms with E-state index >= 15 is 0 Å². The monoisotopic (exact) mass is 299 g/mol. The lowest BCUT2D eigenvalue weighted by Gasteiger charge is -2.19. The highest BCUT2D eigenvalue weighted by molar-refractivity contribution is 6.21. The minimum atomic E-state index is -4.37. The second-order valence-corrected chi connectivity index (χ2v) is 4.91. The van der Waals surface area contributed by atoms with Gasteiger partial charge in [-0.05, 0) is 17.7 Å². The van der Waals surface area contributed by atoms with Gasteiger partial charge in [0.05, 0.1) is 17.5 Å². The Hall–Kier alpha value is -1.82. The van der Waals surface area contributed by atoms with Crippen molar-refractivity contribution in [2.75, 3.05) is 0 Å². The van der Waals surface area contributed by atoms with Crippen molar-refractivity contribution in [3.63, 3.8) is 0 Å². The Bertz CT molecular complexity index is 675. The van der Waals surface area contributed by atoms with Gasteiger partial charge in [0.1, 0.15) is 5.50 Å². The van der Waals surface area contributed by atoms with Crippen LogP contribution in [0, 0.1) is 0 Å². The molecule has 0 amide bonds. The second-order valence-electron chi connectivity index (χ2n) is 4.41. The summed E-state index contributed by atoms with van der Waals surface area (Å²) >= 11 is 6.16. The van der Waals surface area contributed by atoms with Crippen molar-refractivity contribution in [1.29, 1.82) is 0 Å². The van der Waals surface area contributed by atoms with Crippen molar-refractivity contribution < 1.29 is 13.2 Å². The summed E-state index contributed by atoms with van der Waals surface area (Å²) in [6.45, 7) is 0. The fourth-order valence-electron chi connectivity index (χ4n) is 2.10. The van der Waals surface area contributed by atoms with Gasteiger partial charge < -0.3 is 0 Å².